The molecule has 1 unspecified atom stereocenters. The molecule has 0 heterocycles. The van der Waals surface area contributed by atoms with Gasteiger partial charge in [-0.05, 0) is 0 Å². The van der Waals surface area contributed by atoms with E-state index in [4.69, 9.17) is 0 Å². The number of halogens is 3. The maximum absolute atomic E-state index is 2.58. The fraction of sp³-hybridized carbons (Fsp3) is 0.333. The van der Waals surface area contributed by atoms with Crippen LogP contribution in [0.15, 0.2) is 30.3 Å². The molecule has 1 atom stereocenters. The van der Waals surface area contributed by atoms with Gasteiger partial charge in [-0.1, -0.05) is 0 Å². The van der Waals surface area contributed by atoms with E-state index >= 15 is 0 Å². The first-order valence-electron chi connectivity index (χ1n) is 3.71. The SMILES string of the molecule is CC(C[I-]c1ccccc1)[I-]I. The number of hydrogen-bond acceptors (Lipinski definition) is 0. The van der Waals surface area contributed by atoms with E-state index in [2.05, 4.69) is 55.9 Å². The summed E-state index contributed by atoms with van der Waals surface area (Å²) in [6.07, 6.45) is 0. The Bertz CT molecular complexity index is 210. The van der Waals surface area contributed by atoms with Crippen molar-refractivity contribution in [2.45, 2.75) is 10.8 Å². The summed E-state index contributed by atoms with van der Waals surface area (Å²) >= 11 is 3.33. The molecule has 0 aliphatic carbocycles. The van der Waals surface area contributed by atoms with Crippen molar-refractivity contribution < 1.29 is 38.4 Å². The van der Waals surface area contributed by atoms with Gasteiger partial charge in [0, 0.05) is 0 Å². The molecule has 0 aliphatic heterocycles. The zero-order chi connectivity index (χ0) is 8.81. The quantitative estimate of drug-likeness (QED) is 0.302. The monoisotopic (exact) mass is 500 g/mol. The Balaban J connectivity index is 2.33. The van der Waals surface area contributed by atoms with E-state index in [1.807, 2.05) is 0 Å². The topological polar surface area (TPSA) is 0 Å². The zero-order valence-corrected chi connectivity index (χ0v) is 13.3. The molecular formula is C9H11I3-2. The Morgan fingerprint density at radius 2 is 2.00 bits per heavy atom. The van der Waals surface area contributed by atoms with Gasteiger partial charge < -0.3 is 0 Å². The van der Waals surface area contributed by atoms with E-state index in [1.54, 1.807) is 3.57 Å². The molecule has 0 saturated carbocycles. The van der Waals surface area contributed by atoms with Gasteiger partial charge in [0.25, 0.3) is 0 Å². The van der Waals surface area contributed by atoms with Crippen molar-refractivity contribution >= 4 is 18.6 Å². The van der Waals surface area contributed by atoms with Gasteiger partial charge >= 0.3 is 106 Å². The van der Waals surface area contributed by atoms with Crippen molar-refractivity contribution in [3.8, 4) is 0 Å². The van der Waals surface area contributed by atoms with Crippen molar-refractivity contribution in [1.82, 2.24) is 0 Å². The van der Waals surface area contributed by atoms with Crippen LogP contribution in [0.1, 0.15) is 6.92 Å². The first-order chi connectivity index (χ1) is 5.83. The molecule has 12 heavy (non-hydrogen) atoms. The molecule has 3 heteroatoms. The van der Waals surface area contributed by atoms with Gasteiger partial charge in [0.2, 0.25) is 0 Å². The molecule has 1 aromatic carbocycles. The molecule has 0 aromatic heterocycles. The maximum atomic E-state index is 2.58. The van der Waals surface area contributed by atoms with Gasteiger partial charge in [-0.25, -0.2) is 0 Å². The van der Waals surface area contributed by atoms with Crippen LogP contribution in [-0.4, -0.2) is 8.35 Å². The molecule has 0 fully saturated rings. The Morgan fingerprint density at radius 1 is 1.33 bits per heavy atom. The number of hydrogen-bond donors (Lipinski definition) is 0. The normalized spacial score (nSPS) is 13.5. The van der Waals surface area contributed by atoms with Gasteiger partial charge in [-0.15, -0.1) is 0 Å². The Morgan fingerprint density at radius 3 is 2.58 bits per heavy atom. The van der Waals surface area contributed by atoms with Crippen molar-refractivity contribution in [2.75, 3.05) is 4.43 Å². The van der Waals surface area contributed by atoms with Gasteiger partial charge in [-0.3, -0.25) is 0 Å². The molecule has 0 radical (unpaired) electrons. The van der Waals surface area contributed by atoms with Crippen LogP contribution in [0.4, 0.5) is 0 Å². The van der Waals surface area contributed by atoms with Gasteiger partial charge in [0.15, 0.2) is 0 Å². The van der Waals surface area contributed by atoms with Crippen molar-refractivity contribution in [3.05, 3.63) is 33.9 Å². The molecule has 1 aromatic rings. The van der Waals surface area contributed by atoms with Gasteiger partial charge in [0.1, 0.15) is 0 Å². The molecule has 0 spiro atoms. The van der Waals surface area contributed by atoms with Crippen molar-refractivity contribution in [1.29, 1.82) is 0 Å². The van der Waals surface area contributed by atoms with E-state index in [9.17, 15) is 0 Å². The summed E-state index contributed by atoms with van der Waals surface area (Å²) < 4.78 is 4.08. The zero-order valence-electron chi connectivity index (χ0n) is 6.81. The first-order valence-corrected chi connectivity index (χ1v) is 13.8. The van der Waals surface area contributed by atoms with E-state index in [-0.39, 0.29) is 0 Å². The summed E-state index contributed by atoms with van der Waals surface area (Å²) in [5, 5.41) is 0. The van der Waals surface area contributed by atoms with Crippen LogP contribution in [0.3, 0.4) is 0 Å². The summed E-state index contributed by atoms with van der Waals surface area (Å²) in [7, 11) is 0. The Kier molecular flexibility index (Phi) is 6.51. The van der Waals surface area contributed by atoms with Crippen LogP contribution >= 0.6 is 18.6 Å². The number of rotatable bonds is 4. The molecule has 0 bridgehead atoms. The van der Waals surface area contributed by atoms with Crippen LogP contribution in [0.2, 0.25) is 0 Å². The van der Waals surface area contributed by atoms with E-state index in [0.717, 1.165) is 3.92 Å². The van der Waals surface area contributed by atoms with E-state index in [0.29, 0.717) is 38.4 Å². The summed E-state index contributed by atoms with van der Waals surface area (Å²) in [6, 6.07) is 10.9. The summed E-state index contributed by atoms with van der Waals surface area (Å²) in [5.74, 6) is 0. The van der Waals surface area contributed by atoms with Crippen LogP contribution in [0.25, 0.3) is 0 Å². The average Bonchev–Trinajstić information content (AvgIpc) is 2.16. The van der Waals surface area contributed by atoms with E-state index in [1.165, 1.54) is 4.43 Å². The first kappa shape index (κ1) is 11.5. The summed E-state index contributed by atoms with van der Waals surface area (Å²) in [4.78, 5) is 0. The fourth-order valence-corrected chi connectivity index (χ4v) is 10.5. The Hall–Kier alpha value is 1.41. The number of benzene rings is 1. The average molecular weight is 500 g/mol. The van der Waals surface area contributed by atoms with E-state index < -0.39 is 0 Å². The Labute approximate surface area is 105 Å². The second kappa shape index (κ2) is 6.80. The molecule has 0 amide bonds. The molecule has 1 rings (SSSR count). The van der Waals surface area contributed by atoms with Crippen LogP contribution in [-0.2, 0) is 0 Å². The summed E-state index contributed by atoms with van der Waals surface area (Å²) in [6.45, 7) is 2.39. The third kappa shape index (κ3) is 4.59. The third-order valence-electron chi connectivity index (χ3n) is 1.32. The molecule has 70 valence electrons. The second-order valence-electron chi connectivity index (χ2n) is 2.45. The second-order valence-corrected chi connectivity index (χ2v) is 11.1. The molecular weight excluding hydrogens is 489 g/mol. The van der Waals surface area contributed by atoms with Crippen LogP contribution in [0.5, 0.6) is 0 Å². The van der Waals surface area contributed by atoms with Gasteiger partial charge in [0.05, 0.1) is 0 Å². The van der Waals surface area contributed by atoms with Crippen LogP contribution in [0, 0.1) is 3.57 Å². The molecule has 0 saturated heterocycles. The molecule has 0 nitrogen and oxygen atoms in total. The molecule has 0 N–H and O–H groups in total. The molecule has 0 aliphatic rings. The van der Waals surface area contributed by atoms with Gasteiger partial charge in [-0.2, -0.15) is 0 Å². The fourth-order valence-electron chi connectivity index (χ4n) is 0.721. The van der Waals surface area contributed by atoms with Crippen molar-refractivity contribution in [3.63, 3.8) is 0 Å². The number of alkyl halides is 2. The van der Waals surface area contributed by atoms with Crippen LogP contribution < -0.4 is 38.4 Å². The summed E-state index contributed by atoms with van der Waals surface area (Å²) in [5.41, 5.74) is 0. The third-order valence-corrected chi connectivity index (χ3v) is 13.0. The van der Waals surface area contributed by atoms with Crippen molar-refractivity contribution in [2.24, 2.45) is 0 Å². The predicted octanol–water partition coefficient (Wildman–Crippen LogP) is -3.23. The minimum atomic E-state index is 0.303. The standard InChI is InChI=1S/C9H11I3/c1-8(12-10)7-11-9-5-3-2-4-6-9/h2-6,8H,7H2,1H3/q-2. The predicted molar refractivity (Wildman–Crippen MR) is 53.5 cm³/mol. The minimum absolute atomic E-state index is 0.303.